The quantitative estimate of drug-likeness (QED) is 0.465. The Morgan fingerprint density at radius 2 is 1.57 bits per heavy atom. The molecule has 0 bridgehead atoms. The second-order valence-corrected chi connectivity index (χ2v) is 6.30. The van der Waals surface area contributed by atoms with Crippen molar-refractivity contribution in [1.82, 2.24) is 5.43 Å². The molecule has 4 nitrogen and oxygen atoms in total. The summed E-state index contributed by atoms with van der Waals surface area (Å²) in [7, 11) is 0. The minimum atomic E-state index is -0.251. The Balaban J connectivity index is 1.51. The molecule has 3 aromatic rings. The molecular weight excluding hydrogens is 348 g/mol. The van der Waals surface area contributed by atoms with Gasteiger partial charge in [0.25, 0.3) is 5.91 Å². The molecule has 28 heavy (non-hydrogen) atoms. The summed E-state index contributed by atoms with van der Waals surface area (Å²) in [6, 6.07) is 26.9. The van der Waals surface area contributed by atoms with Crippen LogP contribution in [0.15, 0.2) is 95.6 Å². The van der Waals surface area contributed by atoms with Gasteiger partial charge in [-0.2, -0.15) is 5.10 Å². The van der Waals surface area contributed by atoms with Crippen molar-refractivity contribution in [2.24, 2.45) is 5.10 Å². The van der Waals surface area contributed by atoms with Gasteiger partial charge >= 0.3 is 0 Å². The van der Waals surface area contributed by atoms with E-state index in [2.05, 4.69) is 10.5 Å². The first-order valence-corrected chi connectivity index (χ1v) is 9.04. The van der Waals surface area contributed by atoms with E-state index in [0.29, 0.717) is 12.2 Å². The first kappa shape index (κ1) is 19.1. The summed E-state index contributed by atoms with van der Waals surface area (Å²) in [5, 5.41) is 4.02. The van der Waals surface area contributed by atoms with E-state index in [1.165, 1.54) is 0 Å². The maximum atomic E-state index is 12.2. The minimum absolute atomic E-state index is 0.251. The SMILES string of the molecule is CC(=C/c1ccccc1)/C=N/NC(=O)c1ccc(COc2ccccc2)cc1. The molecular formula is C24H22N2O2. The van der Waals surface area contributed by atoms with E-state index in [4.69, 9.17) is 4.74 Å². The molecule has 4 heteroatoms. The van der Waals surface area contributed by atoms with Crippen molar-refractivity contribution in [2.75, 3.05) is 0 Å². The fourth-order valence-corrected chi connectivity index (χ4v) is 2.54. The van der Waals surface area contributed by atoms with E-state index in [1.54, 1.807) is 18.3 Å². The van der Waals surface area contributed by atoms with Gasteiger partial charge in [0.05, 0.1) is 6.21 Å². The number of hydrogen-bond donors (Lipinski definition) is 1. The molecule has 0 fully saturated rings. The molecule has 0 aliphatic carbocycles. The van der Waals surface area contributed by atoms with Crippen LogP contribution in [0.4, 0.5) is 0 Å². The Kier molecular flexibility index (Phi) is 6.74. The van der Waals surface area contributed by atoms with Crippen molar-refractivity contribution >= 4 is 18.2 Å². The smallest absolute Gasteiger partial charge is 0.271 e. The number of para-hydroxylation sites is 1. The van der Waals surface area contributed by atoms with Gasteiger partial charge in [0.15, 0.2) is 0 Å². The number of allylic oxidation sites excluding steroid dienone is 1. The van der Waals surface area contributed by atoms with Crippen LogP contribution in [-0.4, -0.2) is 12.1 Å². The molecule has 140 valence electrons. The van der Waals surface area contributed by atoms with Crippen LogP contribution >= 0.6 is 0 Å². The third kappa shape index (κ3) is 5.95. The third-order valence-electron chi connectivity index (χ3n) is 3.99. The zero-order chi connectivity index (χ0) is 19.6. The normalized spacial score (nSPS) is 11.4. The molecule has 0 aromatic heterocycles. The highest BCUT2D eigenvalue weighted by Crippen LogP contribution is 2.12. The van der Waals surface area contributed by atoms with Crippen LogP contribution in [0.2, 0.25) is 0 Å². The van der Waals surface area contributed by atoms with Crippen molar-refractivity contribution in [3.63, 3.8) is 0 Å². The van der Waals surface area contributed by atoms with E-state index in [1.807, 2.05) is 85.8 Å². The minimum Gasteiger partial charge on any atom is -0.489 e. The molecule has 0 atom stereocenters. The van der Waals surface area contributed by atoms with E-state index in [9.17, 15) is 4.79 Å². The molecule has 0 heterocycles. The van der Waals surface area contributed by atoms with Crippen LogP contribution in [0.3, 0.4) is 0 Å². The lowest BCUT2D eigenvalue weighted by atomic mass is 10.1. The predicted molar refractivity (Wildman–Crippen MR) is 113 cm³/mol. The number of nitrogens with zero attached hydrogens (tertiary/aromatic N) is 1. The first-order chi connectivity index (χ1) is 13.7. The lowest BCUT2D eigenvalue weighted by molar-refractivity contribution is 0.0955. The number of benzene rings is 3. The zero-order valence-electron chi connectivity index (χ0n) is 15.7. The van der Waals surface area contributed by atoms with Crippen molar-refractivity contribution < 1.29 is 9.53 Å². The van der Waals surface area contributed by atoms with Gasteiger partial charge in [0.1, 0.15) is 12.4 Å². The van der Waals surface area contributed by atoms with E-state index < -0.39 is 0 Å². The monoisotopic (exact) mass is 370 g/mol. The van der Waals surface area contributed by atoms with Gasteiger partial charge in [-0.1, -0.05) is 66.7 Å². The van der Waals surface area contributed by atoms with Gasteiger partial charge in [-0.25, -0.2) is 5.43 Å². The number of nitrogens with one attached hydrogen (secondary N) is 1. The number of rotatable bonds is 7. The maximum absolute atomic E-state index is 12.2. The van der Waals surface area contributed by atoms with Gasteiger partial charge in [-0.05, 0) is 47.9 Å². The number of carbonyl (C=O) groups is 1. The molecule has 1 N–H and O–H groups in total. The highest BCUT2D eigenvalue weighted by atomic mass is 16.5. The Hall–Kier alpha value is -3.66. The average Bonchev–Trinajstić information content (AvgIpc) is 2.74. The highest BCUT2D eigenvalue weighted by Gasteiger charge is 2.04. The highest BCUT2D eigenvalue weighted by molar-refractivity contribution is 5.95. The van der Waals surface area contributed by atoms with Gasteiger partial charge in [-0.3, -0.25) is 4.79 Å². The van der Waals surface area contributed by atoms with Crippen LogP contribution in [0.5, 0.6) is 5.75 Å². The number of carbonyl (C=O) groups excluding carboxylic acids is 1. The fraction of sp³-hybridized carbons (Fsp3) is 0.0833. The molecule has 0 unspecified atom stereocenters. The van der Waals surface area contributed by atoms with Gasteiger partial charge < -0.3 is 4.74 Å². The average molecular weight is 370 g/mol. The van der Waals surface area contributed by atoms with Crippen molar-refractivity contribution in [3.8, 4) is 5.75 Å². The summed E-state index contributed by atoms with van der Waals surface area (Å²) in [4.78, 5) is 12.2. The van der Waals surface area contributed by atoms with E-state index in [0.717, 1.165) is 22.4 Å². The Morgan fingerprint density at radius 1 is 0.929 bits per heavy atom. The summed E-state index contributed by atoms with van der Waals surface area (Å²) >= 11 is 0. The summed E-state index contributed by atoms with van der Waals surface area (Å²) in [6.07, 6.45) is 3.63. The van der Waals surface area contributed by atoms with Crippen molar-refractivity contribution in [2.45, 2.75) is 13.5 Å². The van der Waals surface area contributed by atoms with Gasteiger partial charge in [0, 0.05) is 5.56 Å². The van der Waals surface area contributed by atoms with E-state index >= 15 is 0 Å². The van der Waals surface area contributed by atoms with Crippen LogP contribution in [0.1, 0.15) is 28.4 Å². The topological polar surface area (TPSA) is 50.7 Å². The second-order valence-electron chi connectivity index (χ2n) is 6.30. The number of hydrazone groups is 1. The van der Waals surface area contributed by atoms with Crippen molar-refractivity contribution in [1.29, 1.82) is 0 Å². The molecule has 0 aliphatic heterocycles. The molecule has 0 saturated carbocycles. The van der Waals surface area contributed by atoms with Gasteiger partial charge in [0.2, 0.25) is 0 Å². The van der Waals surface area contributed by atoms with Crippen LogP contribution < -0.4 is 10.2 Å². The summed E-state index contributed by atoms with van der Waals surface area (Å²) < 4.78 is 5.70. The third-order valence-corrected chi connectivity index (χ3v) is 3.99. The Morgan fingerprint density at radius 3 is 2.25 bits per heavy atom. The lowest BCUT2D eigenvalue weighted by Gasteiger charge is -2.06. The molecule has 3 aromatic carbocycles. The molecule has 0 aliphatic rings. The summed E-state index contributed by atoms with van der Waals surface area (Å²) in [5.41, 5.74) is 6.12. The van der Waals surface area contributed by atoms with Crippen LogP contribution in [0.25, 0.3) is 6.08 Å². The molecule has 0 saturated heterocycles. The largest absolute Gasteiger partial charge is 0.489 e. The zero-order valence-corrected chi connectivity index (χ0v) is 15.7. The molecule has 3 rings (SSSR count). The Bertz CT molecular complexity index is 947. The van der Waals surface area contributed by atoms with Crippen molar-refractivity contribution in [3.05, 3.63) is 107 Å². The van der Waals surface area contributed by atoms with Crippen LogP contribution in [-0.2, 0) is 6.61 Å². The number of hydrogen-bond acceptors (Lipinski definition) is 3. The van der Waals surface area contributed by atoms with Gasteiger partial charge in [-0.15, -0.1) is 0 Å². The molecule has 0 radical (unpaired) electrons. The number of ether oxygens (including phenoxy) is 1. The maximum Gasteiger partial charge on any atom is 0.271 e. The van der Waals surface area contributed by atoms with Crippen LogP contribution in [0, 0.1) is 0 Å². The molecule has 0 spiro atoms. The van der Waals surface area contributed by atoms with E-state index in [-0.39, 0.29) is 5.91 Å². The molecule has 1 amide bonds. The number of amides is 1. The summed E-state index contributed by atoms with van der Waals surface area (Å²) in [6.45, 7) is 2.39. The second kappa shape index (κ2) is 9.88. The lowest BCUT2D eigenvalue weighted by Crippen LogP contribution is -2.17. The standard InChI is InChI=1S/C24H22N2O2/c1-19(16-20-8-4-2-5-9-20)17-25-26-24(27)22-14-12-21(13-15-22)18-28-23-10-6-3-7-11-23/h2-17H,18H2,1H3,(H,26,27)/b19-16-,25-17+. The fourth-order valence-electron chi connectivity index (χ4n) is 2.54. The Labute approximate surface area is 165 Å². The summed E-state index contributed by atoms with van der Waals surface area (Å²) in [5.74, 6) is 0.567. The first-order valence-electron chi connectivity index (χ1n) is 9.04. The predicted octanol–water partition coefficient (Wildman–Crippen LogP) is 5.08.